The Hall–Kier alpha value is -3.75. The highest BCUT2D eigenvalue weighted by Crippen LogP contribution is 2.18. The average Bonchev–Trinajstić information content (AvgIpc) is 3.23. The van der Waals surface area contributed by atoms with Gasteiger partial charge in [0, 0.05) is 31.0 Å². The van der Waals surface area contributed by atoms with E-state index < -0.39 is 6.04 Å². The first kappa shape index (κ1) is 19.6. The Balaban J connectivity index is 1.44. The molecule has 154 valence electrons. The van der Waals surface area contributed by atoms with Gasteiger partial charge in [0.2, 0.25) is 17.6 Å². The predicted octanol–water partition coefficient (Wildman–Crippen LogP) is 1.39. The van der Waals surface area contributed by atoms with Gasteiger partial charge in [0.05, 0.1) is 6.42 Å². The maximum atomic E-state index is 12.8. The third-order valence-corrected chi connectivity index (χ3v) is 4.78. The molecule has 2 aromatic heterocycles. The van der Waals surface area contributed by atoms with E-state index in [-0.39, 0.29) is 30.7 Å². The zero-order valence-corrected chi connectivity index (χ0v) is 16.4. The van der Waals surface area contributed by atoms with Crippen LogP contribution in [0.15, 0.2) is 53.3 Å². The molecule has 3 heterocycles. The Morgan fingerprint density at radius 3 is 2.93 bits per heavy atom. The summed E-state index contributed by atoms with van der Waals surface area (Å²) in [4.78, 5) is 35.1. The van der Waals surface area contributed by atoms with Gasteiger partial charge in [0.25, 0.3) is 5.91 Å². The summed E-state index contributed by atoms with van der Waals surface area (Å²) in [5.41, 5.74) is 1.80. The fourth-order valence-corrected chi connectivity index (χ4v) is 3.27. The Morgan fingerprint density at radius 2 is 2.13 bits per heavy atom. The van der Waals surface area contributed by atoms with Gasteiger partial charge in [-0.25, -0.2) is 0 Å². The van der Waals surface area contributed by atoms with Crippen LogP contribution in [0.2, 0.25) is 0 Å². The molecule has 0 aliphatic carbocycles. The van der Waals surface area contributed by atoms with Gasteiger partial charge >= 0.3 is 0 Å². The quantitative estimate of drug-likeness (QED) is 0.657. The molecular formula is C21H21N5O4. The second-order valence-electron chi connectivity index (χ2n) is 6.95. The van der Waals surface area contributed by atoms with Crippen molar-refractivity contribution in [3.05, 3.63) is 60.2 Å². The molecule has 9 heteroatoms. The van der Waals surface area contributed by atoms with E-state index in [1.54, 1.807) is 30.6 Å². The van der Waals surface area contributed by atoms with E-state index in [2.05, 4.69) is 20.4 Å². The van der Waals surface area contributed by atoms with E-state index in [1.807, 2.05) is 25.1 Å². The zero-order valence-electron chi connectivity index (χ0n) is 16.4. The van der Waals surface area contributed by atoms with Crippen LogP contribution in [0.4, 0.5) is 0 Å². The fraction of sp³-hybridized carbons (Fsp3) is 0.286. The number of carbonyl (C=O) groups is 2. The number of hydrogen-bond acceptors (Lipinski definition) is 7. The molecule has 1 aromatic carbocycles. The van der Waals surface area contributed by atoms with Crippen LogP contribution in [0.5, 0.6) is 5.75 Å². The number of aromatic nitrogens is 3. The van der Waals surface area contributed by atoms with Gasteiger partial charge in [-0.05, 0) is 36.8 Å². The molecule has 2 amide bonds. The minimum absolute atomic E-state index is 0.125. The minimum atomic E-state index is -0.738. The molecule has 3 aromatic rings. The number of nitrogens with zero attached hydrogens (tertiary/aromatic N) is 4. The third kappa shape index (κ3) is 4.45. The predicted molar refractivity (Wildman–Crippen MR) is 106 cm³/mol. The molecule has 1 aliphatic rings. The van der Waals surface area contributed by atoms with Crippen LogP contribution in [0.25, 0.3) is 11.4 Å². The van der Waals surface area contributed by atoms with Crippen LogP contribution in [-0.2, 0) is 16.0 Å². The van der Waals surface area contributed by atoms with Crippen LogP contribution < -0.4 is 10.1 Å². The summed E-state index contributed by atoms with van der Waals surface area (Å²) in [6.07, 6.45) is 3.39. The first-order valence-electron chi connectivity index (χ1n) is 9.60. The number of rotatable bonds is 6. The number of ether oxygens (including phenoxy) is 1. The van der Waals surface area contributed by atoms with Crippen molar-refractivity contribution < 1.29 is 18.8 Å². The molecule has 1 aliphatic heterocycles. The smallest absolute Gasteiger partial charge is 0.261 e. The molecule has 1 fully saturated rings. The van der Waals surface area contributed by atoms with Gasteiger partial charge < -0.3 is 19.5 Å². The van der Waals surface area contributed by atoms with Crippen molar-refractivity contribution in [2.45, 2.75) is 19.4 Å². The molecule has 0 saturated carbocycles. The Bertz CT molecular complexity index is 1040. The highest BCUT2D eigenvalue weighted by Gasteiger charge is 2.34. The number of nitrogens with one attached hydrogen (secondary N) is 1. The lowest BCUT2D eigenvalue weighted by Gasteiger charge is -2.34. The summed E-state index contributed by atoms with van der Waals surface area (Å²) in [6.45, 7) is 2.57. The maximum Gasteiger partial charge on any atom is 0.261 e. The van der Waals surface area contributed by atoms with Crippen LogP contribution >= 0.6 is 0 Å². The van der Waals surface area contributed by atoms with E-state index in [4.69, 9.17) is 9.26 Å². The summed E-state index contributed by atoms with van der Waals surface area (Å²) in [7, 11) is 0. The van der Waals surface area contributed by atoms with E-state index >= 15 is 0 Å². The van der Waals surface area contributed by atoms with Crippen molar-refractivity contribution in [3.8, 4) is 17.1 Å². The van der Waals surface area contributed by atoms with Gasteiger partial charge in [-0.3, -0.25) is 14.6 Å². The Kier molecular flexibility index (Phi) is 5.69. The summed E-state index contributed by atoms with van der Waals surface area (Å²) in [5.74, 6) is 0.768. The lowest BCUT2D eigenvalue weighted by atomic mass is 10.1. The summed E-state index contributed by atoms with van der Waals surface area (Å²) >= 11 is 0. The lowest BCUT2D eigenvalue weighted by molar-refractivity contribution is -0.144. The summed E-state index contributed by atoms with van der Waals surface area (Å²) in [5, 5.41) is 6.74. The molecule has 1 unspecified atom stereocenters. The molecule has 30 heavy (non-hydrogen) atoms. The van der Waals surface area contributed by atoms with Gasteiger partial charge in [0.1, 0.15) is 11.8 Å². The molecule has 9 nitrogen and oxygen atoms in total. The second-order valence-corrected chi connectivity index (χ2v) is 6.95. The molecule has 1 saturated heterocycles. The largest absolute Gasteiger partial charge is 0.484 e. The number of benzene rings is 1. The topological polar surface area (TPSA) is 110 Å². The monoisotopic (exact) mass is 407 g/mol. The molecule has 0 radical (unpaired) electrons. The minimum Gasteiger partial charge on any atom is -0.484 e. The number of pyridine rings is 1. The third-order valence-electron chi connectivity index (χ3n) is 4.78. The van der Waals surface area contributed by atoms with Gasteiger partial charge in [-0.2, -0.15) is 4.98 Å². The maximum absolute atomic E-state index is 12.8. The number of carbonyl (C=O) groups excluding carboxylic acids is 2. The van der Waals surface area contributed by atoms with Crippen molar-refractivity contribution >= 4 is 11.8 Å². The molecule has 4 rings (SSSR count). The molecule has 1 atom stereocenters. The van der Waals surface area contributed by atoms with E-state index in [1.165, 1.54) is 4.90 Å². The molecular weight excluding hydrogens is 386 g/mol. The standard InChI is InChI=1S/C21H21N5O4/c1-14-3-2-4-16(11-14)29-13-19(27)26-10-9-23-21(28)17(26)12-18-24-20(25-30-18)15-5-7-22-8-6-15/h2-8,11,17H,9-10,12-13H2,1H3,(H,23,28). The van der Waals surface area contributed by atoms with Crippen molar-refractivity contribution in [2.75, 3.05) is 19.7 Å². The van der Waals surface area contributed by atoms with Crippen LogP contribution in [0.3, 0.4) is 0 Å². The second kappa shape index (κ2) is 8.73. The van der Waals surface area contributed by atoms with E-state index in [0.29, 0.717) is 24.7 Å². The Labute approximate surface area is 173 Å². The lowest BCUT2D eigenvalue weighted by Crippen LogP contribution is -2.58. The number of amides is 2. The normalized spacial score (nSPS) is 16.2. The van der Waals surface area contributed by atoms with Gasteiger partial charge in [-0.1, -0.05) is 17.3 Å². The van der Waals surface area contributed by atoms with Crippen LogP contribution in [0.1, 0.15) is 11.5 Å². The van der Waals surface area contributed by atoms with Gasteiger partial charge in [0.15, 0.2) is 6.61 Å². The van der Waals surface area contributed by atoms with E-state index in [9.17, 15) is 9.59 Å². The highest BCUT2D eigenvalue weighted by atomic mass is 16.5. The Morgan fingerprint density at radius 1 is 1.30 bits per heavy atom. The fourth-order valence-electron chi connectivity index (χ4n) is 3.27. The average molecular weight is 407 g/mol. The zero-order chi connectivity index (χ0) is 20.9. The van der Waals surface area contributed by atoms with Crippen molar-refractivity contribution in [2.24, 2.45) is 0 Å². The SMILES string of the molecule is Cc1cccc(OCC(=O)N2CCNC(=O)C2Cc2nc(-c3ccncc3)no2)c1. The first-order valence-corrected chi connectivity index (χ1v) is 9.60. The summed E-state index contributed by atoms with van der Waals surface area (Å²) in [6, 6.07) is 10.2. The first-order chi connectivity index (χ1) is 14.6. The molecule has 0 bridgehead atoms. The van der Waals surface area contributed by atoms with Crippen molar-refractivity contribution in [1.29, 1.82) is 0 Å². The number of aryl methyl sites for hydroxylation is 1. The molecule has 1 N–H and O–H groups in total. The van der Waals surface area contributed by atoms with E-state index in [0.717, 1.165) is 11.1 Å². The van der Waals surface area contributed by atoms with Crippen LogP contribution in [0, 0.1) is 6.92 Å². The van der Waals surface area contributed by atoms with Crippen molar-refractivity contribution in [1.82, 2.24) is 25.3 Å². The number of hydrogen-bond donors (Lipinski definition) is 1. The highest BCUT2D eigenvalue weighted by molar-refractivity contribution is 5.89. The van der Waals surface area contributed by atoms with Gasteiger partial charge in [-0.15, -0.1) is 0 Å². The summed E-state index contributed by atoms with van der Waals surface area (Å²) < 4.78 is 10.9. The molecule has 0 spiro atoms. The number of piperazine rings is 1. The van der Waals surface area contributed by atoms with Crippen molar-refractivity contribution in [3.63, 3.8) is 0 Å². The van der Waals surface area contributed by atoms with Crippen LogP contribution in [-0.4, -0.2) is 57.6 Å².